The van der Waals surface area contributed by atoms with Crippen LogP contribution in [0.1, 0.15) is 20.8 Å². The summed E-state index contributed by atoms with van der Waals surface area (Å²) in [6.45, 7) is 9.69. The third kappa shape index (κ3) is 3.19. The number of carbonyl (C=O) groups is 1. The molecule has 0 aromatic rings. The summed E-state index contributed by atoms with van der Waals surface area (Å²) < 4.78 is 0. The van der Waals surface area contributed by atoms with Gasteiger partial charge in [-0.3, -0.25) is 4.79 Å². The minimum Gasteiger partial charge on any atom is -0.481 e. The minimum atomic E-state index is -0.733. The molecule has 17 heavy (non-hydrogen) atoms. The van der Waals surface area contributed by atoms with Crippen LogP contribution in [-0.2, 0) is 9.63 Å². The van der Waals surface area contributed by atoms with E-state index in [4.69, 9.17) is 9.94 Å². The van der Waals surface area contributed by atoms with E-state index < -0.39 is 5.97 Å². The number of rotatable bonds is 6. The molecule has 0 aliphatic heterocycles. The van der Waals surface area contributed by atoms with Gasteiger partial charge in [-0.05, 0) is 23.8 Å². The van der Waals surface area contributed by atoms with E-state index in [1.54, 1.807) is 12.3 Å². The van der Waals surface area contributed by atoms with Crippen LogP contribution in [0.25, 0.3) is 0 Å². The van der Waals surface area contributed by atoms with Crippen LogP contribution in [0.4, 0.5) is 0 Å². The van der Waals surface area contributed by atoms with Crippen molar-refractivity contribution in [3.63, 3.8) is 0 Å². The van der Waals surface area contributed by atoms with Gasteiger partial charge in [0.25, 0.3) is 0 Å². The highest BCUT2D eigenvalue weighted by Gasteiger charge is 2.60. The lowest BCUT2D eigenvalue weighted by atomic mass is 10.1. The van der Waals surface area contributed by atoms with Gasteiger partial charge in [-0.25, -0.2) is 0 Å². The fourth-order valence-corrected chi connectivity index (χ4v) is 2.00. The molecule has 1 aliphatic rings. The summed E-state index contributed by atoms with van der Waals surface area (Å²) in [7, 11) is 0. The molecule has 94 valence electrons. The Bertz CT molecular complexity index is 369. The molecule has 4 heteroatoms. The normalized spacial score (nSPS) is 26.9. The van der Waals surface area contributed by atoms with Crippen molar-refractivity contribution in [2.45, 2.75) is 20.8 Å². The second-order valence-electron chi connectivity index (χ2n) is 4.89. The third-order valence-corrected chi connectivity index (χ3v) is 3.14. The van der Waals surface area contributed by atoms with Gasteiger partial charge < -0.3 is 9.94 Å². The molecule has 1 saturated carbocycles. The highest BCUT2D eigenvalue weighted by molar-refractivity contribution is 5.80. The van der Waals surface area contributed by atoms with Crippen molar-refractivity contribution < 1.29 is 14.7 Å². The van der Waals surface area contributed by atoms with Crippen LogP contribution in [-0.4, -0.2) is 23.9 Å². The van der Waals surface area contributed by atoms with E-state index in [0.29, 0.717) is 6.61 Å². The smallest absolute Gasteiger partial charge is 0.307 e. The summed E-state index contributed by atoms with van der Waals surface area (Å²) in [5.41, 5.74) is 0.749. The molecule has 0 aromatic carbocycles. The second kappa shape index (κ2) is 5.17. The first-order valence-electron chi connectivity index (χ1n) is 5.58. The quantitative estimate of drug-likeness (QED) is 0.334. The Balaban J connectivity index is 2.56. The first-order valence-corrected chi connectivity index (χ1v) is 5.58. The number of carboxylic acid groups (broad SMARTS) is 1. The fourth-order valence-electron chi connectivity index (χ4n) is 2.00. The van der Waals surface area contributed by atoms with E-state index in [2.05, 4.69) is 11.7 Å². The van der Waals surface area contributed by atoms with E-state index in [0.717, 1.165) is 5.57 Å². The number of oxime groups is 1. The van der Waals surface area contributed by atoms with Crippen molar-refractivity contribution in [1.29, 1.82) is 0 Å². The summed E-state index contributed by atoms with van der Waals surface area (Å²) in [5, 5.41) is 12.8. The Morgan fingerprint density at radius 1 is 1.59 bits per heavy atom. The molecule has 1 fully saturated rings. The molecule has 0 amide bonds. The fraction of sp³-hybridized carbons (Fsp3) is 0.538. The van der Waals surface area contributed by atoms with Crippen molar-refractivity contribution >= 4 is 12.2 Å². The Hall–Kier alpha value is -1.58. The van der Waals surface area contributed by atoms with Crippen LogP contribution in [0.2, 0.25) is 0 Å². The first kappa shape index (κ1) is 13.5. The van der Waals surface area contributed by atoms with Crippen molar-refractivity contribution in [2.75, 3.05) is 6.61 Å². The maximum atomic E-state index is 11.0. The zero-order valence-corrected chi connectivity index (χ0v) is 10.5. The van der Waals surface area contributed by atoms with E-state index in [9.17, 15) is 4.79 Å². The summed E-state index contributed by atoms with van der Waals surface area (Å²) in [6.07, 6.45) is 5.15. The second-order valence-corrected chi connectivity index (χ2v) is 4.89. The zero-order valence-electron chi connectivity index (χ0n) is 10.5. The van der Waals surface area contributed by atoms with Crippen LogP contribution < -0.4 is 0 Å². The number of aliphatic carboxylic acids is 1. The standard InChI is InChI=1S/C13H19NO3/c1-5-6-17-14-8-9(2)7-10-11(12(15)16)13(10,3)4/h5,7-8,10-11H,1,6H2,2-4H3,(H,15,16)/b9-7+,14-8+/t10?,11-/m0/s1. The lowest BCUT2D eigenvalue weighted by molar-refractivity contribution is -0.139. The van der Waals surface area contributed by atoms with Crippen molar-refractivity contribution in [3.05, 3.63) is 24.3 Å². The molecule has 4 nitrogen and oxygen atoms in total. The highest BCUT2D eigenvalue weighted by atomic mass is 16.6. The molecule has 1 aliphatic carbocycles. The van der Waals surface area contributed by atoms with Crippen LogP contribution in [0.15, 0.2) is 29.5 Å². The molecule has 0 aromatic heterocycles. The van der Waals surface area contributed by atoms with E-state index in [1.165, 1.54) is 0 Å². The largest absolute Gasteiger partial charge is 0.481 e. The highest BCUT2D eigenvalue weighted by Crippen LogP contribution is 2.59. The Labute approximate surface area is 102 Å². The van der Waals surface area contributed by atoms with Gasteiger partial charge in [0.05, 0.1) is 12.1 Å². The molecular weight excluding hydrogens is 218 g/mol. The Morgan fingerprint density at radius 2 is 2.24 bits per heavy atom. The van der Waals surface area contributed by atoms with Crippen LogP contribution >= 0.6 is 0 Å². The molecule has 0 saturated heterocycles. The van der Waals surface area contributed by atoms with Crippen molar-refractivity contribution in [1.82, 2.24) is 0 Å². The molecular formula is C13H19NO3. The summed E-state index contributed by atoms with van der Waals surface area (Å²) in [4.78, 5) is 15.8. The predicted molar refractivity (Wildman–Crippen MR) is 66.8 cm³/mol. The van der Waals surface area contributed by atoms with Gasteiger partial charge in [-0.15, -0.1) is 0 Å². The van der Waals surface area contributed by atoms with E-state index in [1.807, 2.05) is 26.8 Å². The molecule has 1 N–H and O–H groups in total. The third-order valence-electron chi connectivity index (χ3n) is 3.14. The number of hydrogen-bond acceptors (Lipinski definition) is 3. The van der Waals surface area contributed by atoms with Gasteiger partial charge in [0.15, 0.2) is 0 Å². The Morgan fingerprint density at radius 3 is 2.71 bits per heavy atom. The maximum Gasteiger partial charge on any atom is 0.307 e. The van der Waals surface area contributed by atoms with Crippen LogP contribution in [0, 0.1) is 17.3 Å². The number of nitrogens with zero attached hydrogens (tertiary/aromatic N) is 1. The van der Waals surface area contributed by atoms with Gasteiger partial charge in [0, 0.05) is 0 Å². The molecule has 0 bridgehead atoms. The van der Waals surface area contributed by atoms with Gasteiger partial charge in [-0.2, -0.15) is 0 Å². The minimum absolute atomic E-state index is 0.0749. The zero-order chi connectivity index (χ0) is 13.1. The van der Waals surface area contributed by atoms with Gasteiger partial charge in [0.1, 0.15) is 6.61 Å². The predicted octanol–water partition coefficient (Wildman–Crippen LogP) is 2.48. The number of allylic oxidation sites excluding steroid dienone is 2. The SMILES string of the molecule is C=CCO/N=C/C(C)=C/C1[C@@H](C(=O)O)C1(C)C. The number of carboxylic acids is 1. The van der Waals surface area contributed by atoms with Crippen molar-refractivity contribution in [2.24, 2.45) is 22.4 Å². The maximum absolute atomic E-state index is 11.0. The molecule has 0 radical (unpaired) electrons. The molecule has 0 heterocycles. The lowest BCUT2D eigenvalue weighted by Crippen LogP contribution is -2.03. The topological polar surface area (TPSA) is 58.9 Å². The summed E-state index contributed by atoms with van der Waals surface area (Å²) in [5.74, 6) is -0.949. The van der Waals surface area contributed by atoms with Gasteiger partial charge in [-0.1, -0.05) is 37.7 Å². The van der Waals surface area contributed by atoms with Gasteiger partial charge in [0.2, 0.25) is 0 Å². The first-order chi connectivity index (χ1) is 7.91. The average molecular weight is 237 g/mol. The number of hydrogen-bond donors (Lipinski definition) is 1. The van der Waals surface area contributed by atoms with Crippen LogP contribution in [0.5, 0.6) is 0 Å². The average Bonchev–Trinajstić information content (AvgIpc) is 2.75. The Kier molecular flexibility index (Phi) is 4.10. The molecule has 0 spiro atoms. The van der Waals surface area contributed by atoms with E-state index in [-0.39, 0.29) is 17.3 Å². The van der Waals surface area contributed by atoms with Crippen LogP contribution in [0.3, 0.4) is 0 Å². The lowest BCUT2D eigenvalue weighted by Gasteiger charge is -1.97. The molecule has 1 unspecified atom stereocenters. The monoisotopic (exact) mass is 237 g/mol. The van der Waals surface area contributed by atoms with Gasteiger partial charge >= 0.3 is 5.97 Å². The van der Waals surface area contributed by atoms with E-state index >= 15 is 0 Å². The summed E-state index contributed by atoms with van der Waals surface area (Å²) >= 11 is 0. The van der Waals surface area contributed by atoms with Crippen molar-refractivity contribution in [3.8, 4) is 0 Å². The molecule has 2 atom stereocenters. The summed E-state index contributed by atoms with van der Waals surface area (Å²) in [6, 6.07) is 0. The molecule has 1 rings (SSSR count).